The number of fused-ring (bicyclic) bond motifs is 1. The molecule has 0 aromatic heterocycles. The van der Waals surface area contributed by atoms with E-state index in [1.807, 2.05) is 30.3 Å². The lowest BCUT2D eigenvalue weighted by Crippen LogP contribution is -2.43. The Morgan fingerprint density at radius 1 is 1.06 bits per heavy atom. The first kappa shape index (κ1) is 27.7. The van der Waals surface area contributed by atoms with Crippen LogP contribution in [-0.2, 0) is 25.1 Å². The number of carbonyl (C=O) groups is 2. The first-order valence-corrected chi connectivity index (χ1v) is 13.7. The molecule has 0 fully saturated rings. The molecular weight excluding hydrogens is 487 g/mol. The van der Waals surface area contributed by atoms with E-state index in [0.29, 0.717) is 43.7 Å². The number of hydrogen-bond donors (Lipinski definition) is 3. The number of anilines is 1. The molecule has 0 saturated heterocycles. The topological polar surface area (TPSA) is 149 Å². The second-order valence-electron chi connectivity index (χ2n) is 8.54. The SMILES string of the molecule is NCCCC[C@H](OP(=O)(O)CCCCc1ccccc1)C(=O)N(CC(=O)O)c1ccc2c(c1)OCO2. The molecule has 1 unspecified atom stereocenters. The monoisotopic (exact) mass is 520 g/mol. The lowest BCUT2D eigenvalue weighted by atomic mass is 10.1. The third-order valence-corrected chi connectivity index (χ3v) is 7.18. The molecule has 36 heavy (non-hydrogen) atoms. The van der Waals surface area contributed by atoms with Crippen molar-refractivity contribution in [3.8, 4) is 11.5 Å². The molecule has 4 N–H and O–H groups in total. The maximum atomic E-state index is 13.5. The maximum Gasteiger partial charge on any atom is 0.328 e. The van der Waals surface area contributed by atoms with Crippen LogP contribution in [0.3, 0.4) is 0 Å². The Kier molecular flexibility index (Phi) is 10.3. The Balaban J connectivity index is 1.70. The Bertz CT molecular complexity index is 1070. The van der Waals surface area contributed by atoms with Gasteiger partial charge >= 0.3 is 13.6 Å². The molecule has 0 spiro atoms. The highest BCUT2D eigenvalue weighted by Gasteiger charge is 2.34. The Morgan fingerprint density at radius 2 is 1.81 bits per heavy atom. The summed E-state index contributed by atoms with van der Waals surface area (Å²) in [5.41, 5.74) is 6.96. The zero-order valence-electron chi connectivity index (χ0n) is 20.1. The first-order chi connectivity index (χ1) is 17.3. The molecule has 11 heteroatoms. The van der Waals surface area contributed by atoms with Crippen LogP contribution in [0.5, 0.6) is 11.5 Å². The third-order valence-electron chi connectivity index (χ3n) is 5.71. The van der Waals surface area contributed by atoms with Gasteiger partial charge in [-0.3, -0.25) is 23.6 Å². The number of carbonyl (C=O) groups excluding carboxylic acids is 1. The van der Waals surface area contributed by atoms with Crippen molar-refractivity contribution in [1.82, 2.24) is 0 Å². The number of benzene rings is 2. The normalized spacial score (nSPS) is 14.7. The summed E-state index contributed by atoms with van der Waals surface area (Å²) in [4.78, 5) is 36.6. The number of carboxylic acid groups (broad SMARTS) is 1. The van der Waals surface area contributed by atoms with Gasteiger partial charge in [-0.1, -0.05) is 30.3 Å². The summed E-state index contributed by atoms with van der Waals surface area (Å²) >= 11 is 0. The number of amides is 1. The van der Waals surface area contributed by atoms with Crippen LogP contribution in [-0.4, -0.2) is 54.0 Å². The van der Waals surface area contributed by atoms with Crippen molar-refractivity contribution in [2.45, 2.75) is 44.6 Å². The van der Waals surface area contributed by atoms with Gasteiger partial charge in [0.25, 0.3) is 5.91 Å². The van der Waals surface area contributed by atoms with Gasteiger partial charge in [-0.15, -0.1) is 0 Å². The van der Waals surface area contributed by atoms with Crippen LogP contribution in [0.25, 0.3) is 0 Å². The second kappa shape index (κ2) is 13.4. The molecule has 0 aliphatic carbocycles. The number of unbranched alkanes of at least 4 members (excludes halogenated alkanes) is 2. The summed E-state index contributed by atoms with van der Waals surface area (Å²) < 4.78 is 29.0. The van der Waals surface area contributed by atoms with E-state index in [-0.39, 0.29) is 25.1 Å². The van der Waals surface area contributed by atoms with E-state index >= 15 is 0 Å². The van der Waals surface area contributed by atoms with Gasteiger partial charge in [0.15, 0.2) is 11.5 Å². The molecule has 0 bridgehead atoms. The molecule has 2 aromatic carbocycles. The van der Waals surface area contributed by atoms with Crippen molar-refractivity contribution in [2.24, 2.45) is 5.73 Å². The van der Waals surface area contributed by atoms with Crippen molar-refractivity contribution < 1.29 is 38.2 Å². The number of hydrogen-bond acceptors (Lipinski definition) is 7. The van der Waals surface area contributed by atoms with Crippen LogP contribution in [0.4, 0.5) is 5.69 Å². The Morgan fingerprint density at radius 3 is 2.53 bits per heavy atom. The minimum absolute atomic E-state index is 0.0223. The molecular formula is C25H33N2O8P. The van der Waals surface area contributed by atoms with Crippen molar-refractivity contribution in [3.63, 3.8) is 0 Å². The lowest BCUT2D eigenvalue weighted by Gasteiger charge is -2.27. The number of aliphatic carboxylic acids is 1. The van der Waals surface area contributed by atoms with Gasteiger partial charge in [0.2, 0.25) is 6.79 Å². The molecule has 10 nitrogen and oxygen atoms in total. The van der Waals surface area contributed by atoms with Crippen molar-refractivity contribution in [2.75, 3.05) is 30.9 Å². The largest absolute Gasteiger partial charge is 0.480 e. The van der Waals surface area contributed by atoms with Gasteiger partial charge in [0.05, 0.1) is 6.16 Å². The van der Waals surface area contributed by atoms with Crippen LogP contribution in [0.15, 0.2) is 48.5 Å². The minimum atomic E-state index is -4.12. The van der Waals surface area contributed by atoms with Crippen LogP contribution in [0, 0.1) is 0 Å². The van der Waals surface area contributed by atoms with Crippen LogP contribution >= 0.6 is 7.60 Å². The Hall–Kier alpha value is -2.91. The van der Waals surface area contributed by atoms with Gasteiger partial charge in [-0.2, -0.15) is 0 Å². The van der Waals surface area contributed by atoms with Gasteiger partial charge in [0.1, 0.15) is 12.6 Å². The van der Waals surface area contributed by atoms with Crippen LogP contribution in [0.1, 0.15) is 37.7 Å². The lowest BCUT2D eigenvalue weighted by molar-refractivity contribution is -0.137. The summed E-state index contributed by atoms with van der Waals surface area (Å²) in [6, 6.07) is 14.4. The number of aryl methyl sites for hydroxylation is 1. The number of nitrogens with zero attached hydrogens (tertiary/aromatic N) is 1. The van der Waals surface area contributed by atoms with E-state index in [0.717, 1.165) is 16.9 Å². The maximum absolute atomic E-state index is 13.5. The number of nitrogens with two attached hydrogens (primary N) is 1. The summed E-state index contributed by atoms with van der Waals surface area (Å²) in [5.74, 6) is -1.10. The fraction of sp³-hybridized carbons (Fsp3) is 0.440. The molecule has 1 aliphatic heterocycles. The Labute approximate surface area is 210 Å². The predicted molar refractivity (Wildman–Crippen MR) is 134 cm³/mol. The highest BCUT2D eigenvalue weighted by molar-refractivity contribution is 7.52. The summed E-state index contributed by atoms with van der Waals surface area (Å²) in [6.07, 6.45) is 1.67. The quantitative estimate of drug-likeness (QED) is 0.237. The number of ether oxygens (including phenoxy) is 2. The van der Waals surface area contributed by atoms with E-state index in [2.05, 4.69) is 0 Å². The van der Waals surface area contributed by atoms with Gasteiger partial charge < -0.3 is 25.2 Å². The number of carboxylic acids is 1. The van der Waals surface area contributed by atoms with Crippen molar-refractivity contribution in [3.05, 3.63) is 54.1 Å². The standard InChI is InChI=1S/C25H33N2O8P/c26-14-6-4-11-22(35-36(31,32)15-7-5-10-19-8-2-1-3-9-19)25(30)27(17-24(28)29)20-12-13-21-23(16-20)34-18-33-21/h1-3,8-9,12-13,16,22H,4-7,10-11,14-15,17-18,26H2,(H,28,29)(H,31,32)/t22-/m0/s1. The van der Waals surface area contributed by atoms with Gasteiger partial charge in [-0.05, 0) is 62.8 Å². The summed E-state index contributed by atoms with van der Waals surface area (Å²) in [5, 5.41) is 9.44. The molecule has 1 heterocycles. The highest BCUT2D eigenvalue weighted by Crippen LogP contribution is 2.45. The summed E-state index contributed by atoms with van der Waals surface area (Å²) in [6.45, 7) is -0.241. The van der Waals surface area contributed by atoms with E-state index < -0.39 is 32.1 Å². The molecule has 1 amide bonds. The smallest absolute Gasteiger partial charge is 0.328 e. The van der Waals surface area contributed by atoms with E-state index in [9.17, 15) is 24.2 Å². The molecule has 2 atom stereocenters. The number of rotatable bonds is 15. The molecule has 1 aliphatic rings. The predicted octanol–water partition coefficient (Wildman–Crippen LogP) is 3.56. The van der Waals surface area contributed by atoms with Crippen molar-refractivity contribution in [1.29, 1.82) is 0 Å². The average Bonchev–Trinajstić information content (AvgIpc) is 3.33. The molecule has 3 rings (SSSR count). The van der Waals surface area contributed by atoms with E-state index in [1.54, 1.807) is 6.07 Å². The van der Waals surface area contributed by atoms with E-state index in [4.69, 9.17) is 19.7 Å². The van der Waals surface area contributed by atoms with E-state index in [1.165, 1.54) is 12.1 Å². The molecule has 0 saturated carbocycles. The fourth-order valence-corrected chi connectivity index (χ4v) is 5.21. The van der Waals surface area contributed by atoms with Crippen LogP contribution < -0.4 is 20.1 Å². The zero-order chi connectivity index (χ0) is 26.0. The third kappa shape index (κ3) is 8.34. The second-order valence-corrected chi connectivity index (χ2v) is 10.5. The average molecular weight is 521 g/mol. The van der Waals surface area contributed by atoms with Gasteiger partial charge in [0, 0.05) is 11.8 Å². The highest BCUT2D eigenvalue weighted by atomic mass is 31.2. The molecule has 2 aromatic rings. The van der Waals surface area contributed by atoms with Gasteiger partial charge in [-0.25, -0.2) is 0 Å². The summed E-state index contributed by atoms with van der Waals surface area (Å²) in [7, 11) is -4.12. The zero-order valence-corrected chi connectivity index (χ0v) is 21.0. The molecule has 196 valence electrons. The first-order valence-electron chi connectivity index (χ1n) is 12.0. The van der Waals surface area contributed by atoms with Crippen LogP contribution in [0.2, 0.25) is 0 Å². The minimum Gasteiger partial charge on any atom is -0.480 e. The fourth-order valence-electron chi connectivity index (χ4n) is 3.89. The van der Waals surface area contributed by atoms with Crippen molar-refractivity contribution >= 4 is 25.2 Å². The molecule has 0 radical (unpaired) electrons.